The van der Waals surface area contributed by atoms with Crippen molar-refractivity contribution in [2.45, 2.75) is 414 Å². The summed E-state index contributed by atoms with van der Waals surface area (Å²) in [6.07, 6.45) is 80.6. The van der Waals surface area contributed by atoms with Crippen molar-refractivity contribution < 1.29 is 38.1 Å². The van der Waals surface area contributed by atoms with E-state index in [9.17, 15) is 19.2 Å². The minimum absolute atomic E-state index is 0.254. The van der Waals surface area contributed by atoms with Crippen molar-refractivity contribution in [1.29, 1.82) is 0 Å². The van der Waals surface area contributed by atoms with E-state index < -0.39 is 0 Å². The Balaban J connectivity index is -0.000000535. The van der Waals surface area contributed by atoms with Gasteiger partial charge in [0.25, 0.3) is 0 Å². The minimum atomic E-state index is -0.301. The average molecular weight is 1240 g/mol. The normalized spacial score (nSPS) is 10.6. The average Bonchev–Trinajstić information content (AvgIpc) is 3.53. The Labute approximate surface area is 549 Å². The van der Waals surface area contributed by atoms with E-state index in [1.165, 1.54) is 359 Å². The fraction of sp³-hybridized carbons (Fsp3) is 0.850. The van der Waals surface area contributed by atoms with Crippen LogP contribution in [-0.4, -0.2) is 50.3 Å². The Morgan fingerprint density at radius 1 is 0.227 bits per heavy atom. The van der Waals surface area contributed by atoms with Crippen LogP contribution in [0.4, 0.5) is 0 Å². The van der Waals surface area contributed by atoms with Gasteiger partial charge in [0.1, 0.15) is 0 Å². The molecule has 0 saturated heterocycles. The molecule has 8 heteroatoms. The van der Waals surface area contributed by atoms with Gasteiger partial charge < -0.3 is 18.9 Å². The fourth-order valence-electron chi connectivity index (χ4n) is 10.6. The lowest BCUT2D eigenvalue weighted by Crippen LogP contribution is -2.05. The lowest BCUT2D eigenvalue weighted by Gasteiger charge is -2.05. The molecule has 0 radical (unpaired) electrons. The fourth-order valence-corrected chi connectivity index (χ4v) is 10.6. The van der Waals surface area contributed by atoms with Crippen LogP contribution in [0.25, 0.3) is 0 Å². The Hall–Kier alpha value is -3.16. The van der Waals surface area contributed by atoms with Crippen LogP contribution >= 0.6 is 0 Å². The van der Waals surface area contributed by atoms with Crippen molar-refractivity contribution in [3.05, 3.63) is 49.6 Å². The molecule has 0 heterocycles. The lowest BCUT2D eigenvalue weighted by atomic mass is 10.0. The molecule has 0 aliphatic rings. The molecule has 0 aliphatic heterocycles. The second-order valence-corrected chi connectivity index (χ2v) is 25.7. The molecular weight excluding hydrogens is 1090 g/mol. The van der Waals surface area contributed by atoms with E-state index in [-0.39, 0.29) is 23.9 Å². The first-order chi connectivity index (χ1) is 43.0. The van der Waals surface area contributed by atoms with Gasteiger partial charge >= 0.3 is 23.9 Å². The summed E-state index contributed by atoms with van der Waals surface area (Å²) in [6.45, 7) is 28.5. The Morgan fingerprint density at radius 3 is 0.477 bits per heavy atom. The SMILES string of the molecule is C=C(C)C(=O)OCCCCCCCCCCCCCCCC.C=C(C)C(=O)OCCCCCCCCCCCCCCCCC.C=CC(=O)OCCCCCCCCCCCCCCCC.C=CC(=O)OCCCCCCCCCCCCCCCCC. The molecule has 0 aromatic carbocycles. The third kappa shape index (κ3) is 89.3. The van der Waals surface area contributed by atoms with Crippen LogP contribution in [0.3, 0.4) is 0 Å². The summed E-state index contributed by atoms with van der Waals surface area (Å²) in [7, 11) is 0. The number of hydrogen-bond acceptors (Lipinski definition) is 8. The zero-order chi connectivity index (χ0) is 65.5. The first-order valence-electron chi connectivity index (χ1n) is 38.2. The molecular formula is C80H152O8. The summed E-state index contributed by atoms with van der Waals surface area (Å²) in [5, 5.41) is 0. The van der Waals surface area contributed by atoms with Crippen LogP contribution in [0.2, 0.25) is 0 Å². The third-order valence-electron chi connectivity index (χ3n) is 16.5. The van der Waals surface area contributed by atoms with E-state index in [0.29, 0.717) is 37.6 Å². The molecule has 88 heavy (non-hydrogen) atoms. The minimum Gasteiger partial charge on any atom is -0.463 e. The van der Waals surface area contributed by atoms with Gasteiger partial charge in [-0.3, -0.25) is 0 Å². The molecule has 0 unspecified atom stereocenters. The van der Waals surface area contributed by atoms with Crippen molar-refractivity contribution in [3.8, 4) is 0 Å². The number of esters is 4. The predicted molar refractivity (Wildman–Crippen MR) is 384 cm³/mol. The lowest BCUT2D eigenvalue weighted by molar-refractivity contribution is -0.139. The van der Waals surface area contributed by atoms with Gasteiger partial charge in [0.2, 0.25) is 0 Å². The maximum Gasteiger partial charge on any atom is 0.333 e. The molecule has 0 N–H and O–H groups in total. The van der Waals surface area contributed by atoms with Crippen molar-refractivity contribution in [3.63, 3.8) is 0 Å². The van der Waals surface area contributed by atoms with Crippen LogP contribution in [0.1, 0.15) is 414 Å². The first-order valence-corrected chi connectivity index (χ1v) is 38.2. The molecule has 0 aromatic rings. The van der Waals surface area contributed by atoms with E-state index in [2.05, 4.69) is 54.0 Å². The second-order valence-electron chi connectivity index (χ2n) is 25.7. The van der Waals surface area contributed by atoms with Crippen molar-refractivity contribution in [2.24, 2.45) is 0 Å². The van der Waals surface area contributed by atoms with Crippen LogP contribution in [0.5, 0.6) is 0 Å². The van der Waals surface area contributed by atoms with Gasteiger partial charge in [-0.2, -0.15) is 0 Å². The molecule has 0 saturated carbocycles. The van der Waals surface area contributed by atoms with E-state index >= 15 is 0 Å². The summed E-state index contributed by atoms with van der Waals surface area (Å²) < 4.78 is 20.0. The second kappa shape index (κ2) is 83.8. The highest BCUT2D eigenvalue weighted by Crippen LogP contribution is 2.18. The number of unbranched alkanes of at least 4 members (excludes halogenated alkanes) is 54. The molecule has 0 fully saturated rings. The smallest absolute Gasteiger partial charge is 0.333 e. The number of rotatable bonds is 66. The van der Waals surface area contributed by atoms with Crippen molar-refractivity contribution in [1.82, 2.24) is 0 Å². The maximum absolute atomic E-state index is 11.2. The Kier molecular flexibility index (Phi) is 86.9. The van der Waals surface area contributed by atoms with Gasteiger partial charge in [-0.15, -0.1) is 0 Å². The van der Waals surface area contributed by atoms with E-state index in [0.717, 1.165) is 25.7 Å². The van der Waals surface area contributed by atoms with E-state index in [4.69, 9.17) is 18.9 Å². The van der Waals surface area contributed by atoms with E-state index in [1.807, 2.05) is 0 Å². The molecule has 520 valence electrons. The molecule has 0 atom stereocenters. The van der Waals surface area contributed by atoms with Crippen LogP contribution in [-0.2, 0) is 38.1 Å². The number of hydrogen-bond donors (Lipinski definition) is 0. The maximum atomic E-state index is 11.2. The molecule has 0 amide bonds. The molecule has 0 aromatic heterocycles. The number of carbonyl (C=O) groups is 4. The molecule has 0 bridgehead atoms. The summed E-state index contributed by atoms with van der Waals surface area (Å²) in [5.41, 5.74) is 0.983. The zero-order valence-electron chi connectivity index (χ0n) is 60.1. The van der Waals surface area contributed by atoms with Gasteiger partial charge in [-0.25, -0.2) is 19.2 Å². The summed E-state index contributed by atoms with van der Waals surface area (Å²) in [6, 6.07) is 0. The molecule has 8 nitrogen and oxygen atoms in total. The largest absolute Gasteiger partial charge is 0.463 e. The van der Waals surface area contributed by atoms with Gasteiger partial charge in [0.05, 0.1) is 26.4 Å². The van der Waals surface area contributed by atoms with Gasteiger partial charge in [0, 0.05) is 23.3 Å². The van der Waals surface area contributed by atoms with Crippen LogP contribution in [0.15, 0.2) is 49.6 Å². The predicted octanol–water partition coefficient (Wildman–Crippen LogP) is 26.3. The Morgan fingerprint density at radius 2 is 0.352 bits per heavy atom. The van der Waals surface area contributed by atoms with E-state index in [1.54, 1.807) is 13.8 Å². The highest BCUT2D eigenvalue weighted by atomic mass is 16.5. The summed E-state index contributed by atoms with van der Waals surface area (Å²) in [4.78, 5) is 43.9. The number of ether oxygens (including phenoxy) is 4. The van der Waals surface area contributed by atoms with Gasteiger partial charge in [-0.05, 0) is 39.5 Å². The quantitative estimate of drug-likeness (QED) is 0.0257. The van der Waals surface area contributed by atoms with Crippen LogP contribution < -0.4 is 0 Å². The highest BCUT2D eigenvalue weighted by Gasteiger charge is 2.04. The molecule has 0 spiro atoms. The molecule has 0 rings (SSSR count). The molecule has 0 aliphatic carbocycles. The van der Waals surface area contributed by atoms with Crippen molar-refractivity contribution >= 4 is 23.9 Å². The topological polar surface area (TPSA) is 105 Å². The first kappa shape index (κ1) is 91.3. The third-order valence-corrected chi connectivity index (χ3v) is 16.5. The van der Waals surface area contributed by atoms with Gasteiger partial charge in [-0.1, -0.05) is 401 Å². The highest BCUT2D eigenvalue weighted by molar-refractivity contribution is 5.87. The monoisotopic (exact) mass is 1240 g/mol. The van der Waals surface area contributed by atoms with Gasteiger partial charge in [0.15, 0.2) is 0 Å². The summed E-state index contributed by atoms with van der Waals surface area (Å²) >= 11 is 0. The zero-order valence-corrected chi connectivity index (χ0v) is 60.1. The van der Waals surface area contributed by atoms with Crippen LogP contribution in [0, 0.1) is 0 Å². The van der Waals surface area contributed by atoms with Crippen molar-refractivity contribution in [2.75, 3.05) is 26.4 Å². The Bertz CT molecular complexity index is 1470. The standard InChI is InChI=1S/C21H40O2.2C20H38O2.C19H36O2/c1-4-5-6-7-8-9-10-11-12-13-14-15-16-17-18-19-23-21(22)20(2)3;1-4-5-6-7-8-9-10-11-12-13-14-15-16-17-18-22-20(21)19(2)3;1-3-5-6-7-8-9-10-11-12-13-14-15-16-17-18-19-22-20(21)4-2;1-3-5-6-7-8-9-10-11-12-13-14-15-16-17-18-21-19(20)4-2/h2,4-19H2,1,3H3;2,4-18H2,1,3H3;4H,2-3,5-19H2,1H3;4H,2-3,5-18H2,1H3. The number of carbonyl (C=O) groups excluding carboxylic acids is 4. The summed E-state index contributed by atoms with van der Waals surface area (Å²) in [5.74, 6) is -1.11.